The van der Waals surface area contributed by atoms with E-state index in [1.807, 2.05) is 0 Å². The number of methoxy groups -OCH3 is 1. The van der Waals surface area contributed by atoms with Crippen LogP contribution in [0.25, 0.3) is 10.9 Å². The van der Waals surface area contributed by atoms with Gasteiger partial charge in [0.2, 0.25) is 6.29 Å². The van der Waals surface area contributed by atoms with E-state index in [-0.39, 0.29) is 11.5 Å². The van der Waals surface area contributed by atoms with Crippen LogP contribution in [0.4, 0.5) is 4.79 Å². The highest BCUT2D eigenvalue weighted by Gasteiger charge is 2.47. The minimum atomic E-state index is -1.68. The summed E-state index contributed by atoms with van der Waals surface area (Å²) in [6.07, 6.45) is -13.7. The van der Waals surface area contributed by atoms with Crippen LogP contribution in [0, 0.1) is 0 Å². The molecule has 2 aliphatic rings. The quantitative estimate of drug-likeness (QED) is 0.215. The summed E-state index contributed by atoms with van der Waals surface area (Å²) >= 11 is 0. The molecule has 0 aliphatic carbocycles. The molecule has 14 nitrogen and oxygen atoms in total. The van der Waals surface area contributed by atoms with Gasteiger partial charge < -0.3 is 64.0 Å². The standard InChI is InChI=1S/C22H29NO13/c1-8-14(24)16(26)18(28)20(33-8)32-7-12-15(25)17(27)19(29)21(35-12)34-10-5-3-4-9-11(6-23-13(9)10)36-22(30)31-2/h3-6,8,12,14-21,23-29H,7H2,1-2H3. The molecule has 10 unspecified atom stereocenters. The summed E-state index contributed by atoms with van der Waals surface area (Å²) in [6, 6.07) is 4.78. The molecule has 200 valence electrons. The normalized spacial score (nSPS) is 37.0. The van der Waals surface area contributed by atoms with Crippen LogP contribution >= 0.6 is 0 Å². The topological polar surface area (TPSA) is 210 Å². The molecule has 14 heteroatoms. The van der Waals surface area contributed by atoms with E-state index in [2.05, 4.69) is 9.72 Å². The van der Waals surface area contributed by atoms with E-state index < -0.39 is 74.2 Å². The maximum Gasteiger partial charge on any atom is 0.513 e. The lowest BCUT2D eigenvalue weighted by Crippen LogP contribution is -2.61. The van der Waals surface area contributed by atoms with E-state index in [4.69, 9.17) is 23.7 Å². The molecule has 2 aromatic rings. The zero-order chi connectivity index (χ0) is 26.1. The molecule has 36 heavy (non-hydrogen) atoms. The zero-order valence-electron chi connectivity index (χ0n) is 19.3. The third kappa shape index (κ3) is 5.13. The Kier molecular flexibility index (Phi) is 7.99. The van der Waals surface area contributed by atoms with E-state index in [0.717, 1.165) is 0 Å². The van der Waals surface area contributed by atoms with Crippen molar-refractivity contribution < 1.29 is 63.9 Å². The van der Waals surface area contributed by atoms with Gasteiger partial charge in [-0.15, -0.1) is 0 Å². The van der Waals surface area contributed by atoms with E-state index in [1.54, 1.807) is 18.2 Å². The number of benzene rings is 1. The number of ether oxygens (including phenoxy) is 6. The highest BCUT2D eigenvalue weighted by Crippen LogP contribution is 2.34. The summed E-state index contributed by atoms with van der Waals surface area (Å²) < 4.78 is 31.8. The minimum Gasteiger partial charge on any atom is -0.460 e. The number of H-pyrrole nitrogens is 1. The summed E-state index contributed by atoms with van der Waals surface area (Å²) in [4.78, 5) is 14.3. The second-order valence-corrected chi connectivity index (χ2v) is 8.54. The number of hydrogen-bond donors (Lipinski definition) is 7. The predicted octanol–water partition coefficient (Wildman–Crippen LogP) is -1.66. The van der Waals surface area contributed by atoms with Crippen molar-refractivity contribution in [1.29, 1.82) is 0 Å². The van der Waals surface area contributed by atoms with Gasteiger partial charge in [0.25, 0.3) is 0 Å². The lowest BCUT2D eigenvalue weighted by atomic mass is 9.98. The van der Waals surface area contributed by atoms with Crippen molar-refractivity contribution in [2.45, 2.75) is 68.3 Å². The van der Waals surface area contributed by atoms with Crippen molar-refractivity contribution in [2.24, 2.45) is 0 Å². The van der Waals surface area contributed by atoms with E-state index >= 15 is 0 Å². The van der Waals surface area contributed by atoms with Crippen molar-refractivity contribution in [3.05, 3.63) is 24.4 Å². The van der Waals surface area contributed by atoms with Crippen LogP contribution in [-0.4, -0.2) is 117 Å². The molecule has 1 aromatic carbocycles. The van der Waals surface area contributed by atoms with Gasteiger partial charge in [0.1, 0.15) is 48.5 Å². The molecule has 0 spiro atoms. The third-order valence-corrected chi connectivity index (χ3v) is 6.14. The fourth-order valence-electron chi connectivity index (χ4n) is 4.03. The Labute approximate surface area is 204 Å². The number of fused-ring (bicyclic) bond motifs is 1. The molecule has 1 aromatic heterocycles. The van der Waals surface area contributed by atoms with Gasteiger partial charge in [-0.3, -0.25) is 0 Å². The number of hydrogen-bond acceptors (Lipinski definition) is 13. The molecule has 10 atom stereocenters. The van der Waals surface area contributed by atoms with Crippen molar-refractivity contribution in [1.82, 2.24) is 4.98 Å². The van der Waals surface area contributed by atoms with E-state index in [1.165, 1.54) is 20.2 Å². The van der Waals surface area contributed by atoms with E-state index in [9.17, 15) is 35.4 Å². The van der Waals surface area contributed by atoms with Crippen LogP contribution in [0.3, 0.4) is 0 Å². The minimum absolute atomic E-state index is 0.168. The van der Waals surface area contributed by atoms with Gasteiger partial charge in [-0.25, -0.2) is 4.79 Å². The molecule has 4 rings (SSSR count). The molecular formula is C22H29NO13. The third-order valence-electron chi connectivity index (χ3n) is 6.14. The fraction of sp³-hybridized carbons (Fsp3) is 0.591. The molecule has 0 amide bonds. The smallest absolute Gasteiger partial charge is 0.460 e. The highest BCUT2D eigenvalue weighted by atomic mass is 16.7. The van der Waals surface area contributed by atoms with Crippen LogP contribution in [0.2, 0.25) is 0 Å². The second kappa shape index (κ2) is 10.8. The number of rotatable bonds is 6. The largest absolute Gasteiger partial charge is 0.513 e. The molecular weight excluding hydrogens is 486 g/mol. The lowest BCUT2D eigenvalue weighted by Gasteiger charge is -2.42. The summed E-state index contributed by atoms with van der Waals surface area (Å²) in [5.74, 6) is 0.346. The SMILES string of the molecule is COC(=O)Oc1c[nH]c2c(OC3OC(COC4OC(C)C(O)C(O)C4O)C(O)C(O)C3O)cccc12. The van der Waals surface area contributed by atoms with Gasteiger partial charge in [-0.2, -0.15) is 0 Å². The van der Waals surface area contributed by atoms with Crippen molar-refractivity contribution in [3.63, 3.8) is 0 Å². The summed E-state index contributed by atoms with van der Waals surface area (Å²) in [5.41, 5.74) is 0.390. The highest BCUT2D eigenvalue weighted by molar-refractivity contribution is 5.92. The zero-order valence-corrected chi connectivity index (χ0v) is 19.3. The molecule has 2 saturated heterocycles. The maximum absolute atomic E-state index is 11.5. The van der Waals surface area contributed by atoms with Crippen LogP contribution in [0.15, 0.2) is 24.4 Å². The van der Waals surface area contributed by atoms with Crippen LogP contribution < -0.4 is 9.47 Å². The Bertz CT molecular complexity index is 1050. The van der Waals surface area contributed by atoms with Crippen LogP contribution in [-0.2, 0) is 18.9 Å². The van der Waals surface area contributed by atoms with Gasteiger partial charge in [-0.05, 0) is 19.1 Å². The summed E-state index contributed by atoms with van der Waals surface area (Å²) in [5, 5.41) is 61.5. The first-order valence-corrected chi connectivity index (χ1v) is 11.2. The maximum atomic E-state index is 11.5. The molecule has 2 aliphatic heterocycles. The number of aromatic amines is 1. The first-order valence-electron chi connectivity index (χ1n) is 11.2. The van der Waals surface area contributed by atoms with Crippen molar-refractivity contribution >= 4 is 17.1 Å². The first-order chi connectivity index (χ1) is 17.1. The van der Waals surface area contributed by atoms with Gasteiger partial charge in [0, 0.05) is 11.6 Å². The van der Waals surface area contributed by atoms with Gasteiger partial charge >= 0.3 is 6.16 Å². The van der Waals surface area contributed by atoms with Crippen LogP contribution in [0.1, 0.15) is 6.92 Å². The number of para-hydroxylation sites is 1. The summed E-state index contributed by atoms with van der Waals surface area (Å²) in [7, 11) is 1.17. The molecule has 0 bridgehead atoms. The Morgan fingerprint density at radius 3 is 2.33 bits per heavy atom. The number of aliphatic hydroxyl groups excluding tert-OH is 6. The number of aromatic nitrogens is 1. The fourth-order valence-corrected chi connectivity index (χ4v) is 4.03. The van der Waals surface area contributed by atoms with Gasteiger partial charge in [0.05, 0.1) is 25.3 Å². The van der Waals surface area contributed by atoms with Crippen LogP contribution in [0.5, 0.6) is 11.5 Å². The molecule has 0 saturated carbocycles. The predicted molar refractivity (Wildman–Crippen MR) is 117 cm³/mol. The first kappa shape index (κ1) is 26.5. The average Bonchev–Trinajstić information content (AvgIpc) is 3.28. The molecule has 7 N–H and O–H groups in total. The Hall–Kier alpha value is -2.53. The number of aliphatic hydroxyl groups is 6. The second-order valence-electron chi connectivity index (χ2n) is 8.54. The summed E-state index contributed by atoms with van der Waals surface area (Å²) in [6.45, 7) is 1.06. The van der Waals surface area contributed by atoms with Gasteiger partial charge in [-0.1, -0.05) is 6.07 Å². The monoisotopic (exact) mass is 515 g/mol. The molecule has 0 radical (unpaired) electrons. The van der Waals surface area contributed by atoms with Gasteiger partial charge in [0.15, 0.2) is 12.0 Å². The van der Waals surface area contributed by atoms with Crippen molar-refractivity contribution in [3.8, 4) is 11.5 Å². The number of nitrogens with one attached hydrogen (secondary N) is 1. The number of carbonyl (C=O) groups excluding carboxylic acids is 1. The van der Waals surface area contributed by atoms with Crippen molar-refractivity contribution in [2.75, 3.05) is 13.7 Å². The Morgan fingerprint density at radius 1 is 0.917 bits per heavy atom. The molecule has 2 fully saturated rings. The lowest BCUT2D eigenvalue weighted by molar-refractivity contribution is -0.318. The average molecular weight is 515 g/mol. The molecule has 3 heterocycles. The Balaban J connectivity index is 1.46. The van der Waals surface area contributed by atoms with E-state index in [0.29, 0.717) is 10.9 Å². The number of carbonyl (C=O) groups is 1. The Morgan fingerprint density at radius 2 is 1.61 bits per heavy atom.